The molecule has 0 N–H and O–H groups in total. The summed E-state index contributed by atoms with van der Waals surface area (Å²) in [5.74, 6) is 1.25. The summed E-state index contributed by atoms with van der Waals surface area (Å²) in [6.45, 7) is 3.56. The van der Waals surface area contributed by atoms with E-state index in [-0.39, 0.29) is 0 Å². The standard InChI is InChI=1S/C22H23BrN2O2S/c1-16-21(19-8-5-9-20(23)15-19)28(26,27)24-22(16)25-12-10-18(11-13-25)14-17-6-3-2-4-7-17/h2-9,15,18H,10-14H2,1H3. The van der Waals surface area contributed by atoms with Gasteiger partial charge in [0.15, 0.2) is 0 Å². The Morgan fingerprint density at radius 3 is 2.46 bits per heavy atom. The third-order valence-corrected chi connectivity index (χ3v) is 7.47. The van der Waals surface area contributed by atoms with Crippen molar-refractivity contribution in [2.24, 2.45) is 10.3 Å². The zero-order valence-electron chi connectivity index (χ0n) is 15.8. The predicted molar refractivity (Wildman–Crippen MR) is 118 cm³/mol. The lowest BCUT2D eigenvalue weighted by Gasteiger charge is -2.33. The van der Waals surface area contributed by atoms with Crippen molar-refractivity contribution in [2.75, 3.05) is 13.1 Å². The van der Waals surface area contributed by atoms with Gasteiger partial charge in [-0.2, -0.15) is 8.42 Å². The van der Waals surface area contributed by atoms with Crippen molar-refractivity contribution in [3.05, 3.63) is 75.8 Å². The summed E-state index contributed by atoms with van der Waals surface area (Å²) >= 11 is 3.43. The Hall–Kier alpha value is -1.92. The lowest BCUT2D eigenvalue weighted by atomic mass is 9.90. The summed E-state index contributed by atoms with van der Waals surface area (Å²) in [6.07, 6.45) is 3.18. The molecule has 2 heterocycles. The molecule has 2 aliphatic heterocycles. The maximum Gasteiger partial charge on any atom is 0.285 e. The number of hydrogen-bond acceptors (Lipinski definition) is 3. The van der Waals surface area contributed by atoms with E-state index in [1.165, 1.54) is 5.56 Å². The van der Waals surface area contributed by atoms with Crippen LogP contribution in [-0.2, 0) is 16.4 Å². The topological polar surface area (TPSA) is 49.7 Å². The highest BCUT2D eigenvalue weighted by atomic mass is 79.9. The minimum Gasteiger partial charge on any atom is -0.356 e. The summed E-state index contributed by atoms with van der Waals surface area (Å²) < 4.78 is 30.5. The van der Waals surface area contributed by atoms with E-state index in [2.05, 4.69) is 49.5 Å². The second kappa shape index (κ2) is 7.84. The number of rotatable bonds is 3. The van der Waals surface area contributed by atoms with E-state index in [0.29, 0.717) is 22.2 Å². The van der Waals surface area contributed by atoms with Crippen molar-refractivity contribution in [3.63, 3.8) is 0 Å². The number of nitrogens with zero attached hydrogens (tertiary/aromatic N) is 2. The Morgan fingerprint density at radius 2 is 1.79 bits per heavy atom. The first kappa shape index (κ1) is 19.4. The molecule has 2 aromatic carbocycles. The van der Waals surface area contributed by atoms with Gasteiger partial charge in [-0.1, -0.05) is 58.4 Å². The quantitative estimate of drug-likeness (QED) is 0.658. The number of likely N-dealkylation sites (tertiary alicyclic amines) is 1. The van der Waals surface area contributed by atoms with E-state index >= 15 is 0 Å². The van der Waals surface area contributed by atoms with Crippen molar-refractivity contribution >= 4 is 36.7 Å². The fourth-order valence-corrected chi connectivity index (χ4v) is 5.98. The van der Waals surface area contributed by atoms with Crippen LogP contribution in [-0.4, -0.2) is 32.2 Å². The molecule has 2 aliphatic rings. The second-order valence-corrected chi connectivity index (χ2v) is 9.93. The highest BCUT2D eigenvalue weighted by Crippen LogP contribution is 2.35. The SMILES string of the molecule is CC1=C(c2cccc(Br)c2)S(=O)(=O)N=C1N1CCC(Cc2ccccc2)CC1. The molecule has 0 aromatic heterocycles. The van der Waals surface area contributed by atoms with Crippen LogP contribution in [0.3, 0.4) is 0 Å². The van der Waals surface area contributed by atoms with Crippen molar-refractivity contribution in [1.82, 2.24) is 4.90 Å². The van der Waals surface area contributed by atoms with Gasteiger partial charge in [-0.15, -0.1) is 4.40 Å². The van der Waals surface area contributed by atoms with Crippen LogP contribution >= 0.6 is 15.9 Å². The molecule has 0 radical (unpaired) electrons. The zero-order chi connectivity index (χ0) is 19.7. The van der Waals surface area contributed by atoms with E-state index in [0.717, 1.165) is 42.4 Å². The molecule has 0 atom stereocenters. The lowest BCUT2D eigenvalue weighted by Crippen LogP contribution is -2.39. The minimum atomic E-state index is -3.66. The summed E-state index contributed by atoms with van der Waals surface area (Å²) in [5.41, 5.74) is 2.80. The number of hydrogen-bond donors (Lipinski definition) is 0. The van der Waals surface area contributed by atoms with Crippen molar-refractivity contribution in [2.45, 2.75) is 26.2 Å². The zero-order valence-corrected chi connectivity index (χ0v) is 18.2. The fourth-order valence-electron chi connectivity index (χ4n) is 4.11. The van der Waals surface area contributed by atoms with Gasteiger partial charge >= 0.3 is 0 Å². The molecule has 146 valence electrons. The van der Waals surface area contributed by atoms with Crippen LogP contribution in [0.15, 0.2) is 69.0 Å². The Morgan fingerprint density at radius 1 is 1.07 bits per heavy atom. The van der Waals surface area contributed by atoms with Crippen LogP contribution in [0.1, 0.15) is 30.9 Å². The van der Waals surface area contributed by atoms with Crippen molar-refractivity contribution in [3.8, 4) is 0 Å². The molecule has 1 saturated heterocycles. The van der Waals surface area contributed by atoms with Gasteiger partial charge in [-0.05, 0) is 55.4 Å². The predicted octanol–water partition coefficient (Wildman–Crippen LogP) is 4.88. The molecule has 1 fully saturated rings. The molecular weight excluding hydrogens is 436 g/mol. The third kappa shape index (κ3) is 3.94. The van der Waals surface area contributed by atoms with Crippen LogP contribution in [0.5, 0.6) is 0 Å². The van der Waals surface area contributed by atoms with Gasteiger partial charge < -0.3 is 4.90 Å². The van der Waals surface area contributed by atoms with E-state index in [1.54, 1.807) is 0 Å². The second-order valence-electron chi connectivity index (χ2n) is 7.47. The number of benzene rings is 2. The largest absolute Gasteiger partial charge is 0.356 e. The molecule has 4 nitrogen and oxygen atoms in total. The van der Waals surface area contributed by atoms with E-state index in [9.17, 15) is 8.42 Å². The number of sulfonamides is 1. The van der Waals surface area contributed by atoms with E-state index < -0.39 is 10.0 Å². The molecule has 0 bridgehead atoms. The molecule has 28 heavy (non-hydrogen) atoms. The van der Waals surface area contributed by atoms with Gasteiger partial charge in [0.25, 0.3) is 10.0 Å². The average Bonchev–Trinajstić information content (AvgIpc) is 2.92. The normalized spacial score (nSPS) is 19.8. The number of halogens is 1. The first-order chi connectivity index (χ1) is 13.4. The molecule has 0 spiro atoms. The Kier molecular flexibility index (Phi) is 5.43. The van der Waals surface area contributed by atoms with E-state index in [4.69, 9.17) is 0 Å². The highest BCUT2D eigenvalue weighted by molar-refractivity contribution is 9.10. The Bertz CT molecular complexity index is 1040. The molecule has 0 amide bonds. The van der Waals surface area contributed by atoms with Gasteiger partial charge in [0, 0.05) is 23.1 Å². The van der Waals surface area contributed by atoms with Crippen molar-refractivity contribution in [1.29, 1.82) is 0 Å². The van der Waals surface area contributed by atoms with Crippen LogP contribution in [0, 0.1) is 5.92 Å². The smallest absolute Gasteiger partial charge is 0.285 e. The first-order valence-corrected chi connectivity index (χ1v) is 11.8. The maximum absolute atomic E-state index is 12.8. The van der Waals surface area contributed by atoms with E-state index in [1.807, 2.05) is 37.3 Å². The number of piperidine rings is 1. The first-order valence-electron chi connectivity index (χ1n) is 9.55. The van der Waals surface area contributed by atoms with Gasteiger partial charge in [0.1, 0.15) is 10.7 Å². The van der Waals surface area contributed by atoms with Crippen LogP contribution in [0.2, 0.25) is 0 Å². The molecule has 0 aliphatic carbocycles. The summed E-state index contributed by atoms with van der Waals surface area (Å²) in [4.78, 5) is 2.47. The Labute approximate surface area is 175 Å². The molecule has 4 rings (SSSR count). The molecule has 6 heteroatoms. The van der Waals surface area contributed by atoms with Gasteiger partial charge in [-0.25, -0.2) is 0 Å². The van der Waals surface area contributed by atoms with Gasteiger partial charge in [-0.3, -0.25) is 0 Å². The summed E-state index contributed by atoms with van der Waals surface area (Å²) in [6, 6.07) is 18.0. The summed E-state index contributed by atoms with van der Waals surface area (Å²) in [5, 5.41) is 0. The average molecular weight is 459 g/mol. The number of amidine groups is 1. The molecule has 0 saturated carbocycles. The third-order valence-electron chi connectivity index (χ3n) is 5.51. The van der Waals surface area contributed by atoms with Crippen molar-refractivity contribution < 1.29 is 8.42 Å². The van der Waals surface area contributed by atoms with Crippen LogP contribution in [0.25, 0.3) is 4.91 Å². The maximum atomic E-state index is 12.8. The van der Waals surface area contributed by atoms with Crippen LogP contribution < -0.4 is 0 Å². The highest BCUT2D eigenvalue weighted by Gasteiger charge is 2.34. The Balaban J connectivity index is 1.51. The lowest BCUT2D eigenvalue weighted by molar-refractivity contribution is 0.266. The molecular formula is C22H23BrN2O2S. The fraction of sp³-hybridized carbons (Fsp3) is 0.318. The summed E-state index contributed by atoms with van der Waals surface area (Å²) in [7, 11) is -3.66. The monoisotopic (exact) mass is 458 g/mol. The molecule has 2 aromatic rings. The van der Waals surface area contributed by atoms with Gasteiger partial charge in [0.2, 0.25) is 0 Å². The van der Waals surface area contributed by atoms with Crippen LogP contribution in [0.4, 0.5) is 0 Å². The minimum absolute atomic E-state index is 0.329. The molecule has 0 unspecified atom stereocenters. The van der Waals surface area contributed by atoms with Gasteiger partial charge in [0.05, 0.1) is 0 Å².